The first kappa shape index (κ1) is 14.9. The third kappa shape index (κ3) is 4.61. The van der Waals surface area contributed by atoms with Crippen LogP contribution in [-0.4, -0.2) is 13.0 Å². The Morgan fingerprint density at radius 3 is 1.88 bits per heavy atom. The highest BCUT2D eigenvalue weighted by atomic mass is 32.3. The van der Waals surface area contributed by atoms with Crippen LogP contribution in [0.4, 0.5) is 0 Å². The van der Waals surface area contributed by atoms with Gasteiger partial charge in [0.25, 0.3) is 0 Å². The molecule has 0 bridgehead atoms. The van der Waals surface area contributed by atoms with Gasteiger partial charge in [0.05, 0.1) is 0 Å². The predicted octanol–water partition coefficient (Wildman–Crippen LogP) is 2.33. The van der Waals surface area contributed by atoms with Crippen LogP contribution in [0, 0.1) is 0 Å². The van der Waals surface area contributed by atoms with Gasteiger partial charge in [-0.2, -0.15) is 8.42 Å². The SMILES string of the molecule is CC(C)(C)c1ccc(OS(=O)(=O)O)cc1.N. The normalized spacial score (nSPS) is 11.8. The highest BCUT2D eigenvalue weighted by Gasteiger charge is 2.14. The van der Waals surface area contributed by atoms with Crippen molar-refractivity contribution in [3.05, 3.63) is 29.8 Å². The Bertz CT molecular complexity index is 431. The molecule has 6 heteroatoms. The van der Waals surface area contributed by atoms with Gasteiger partial charge in [0.1, 0.15) is 5.75 Å². The summed E-state index contributed by atoms with van der Waals surface area (Å²) in [6, 6.07) is 6.55. The van der Waals surface area contributed by atoms with Gasteiger partial charge in [0.2, 0.25) is 0 Å². The molecule has 0 spiro atoms. The van der Waals surface area contributed by atoms with Crippen molar-refractivity contribution in [1.29, 1.82) is 0 Å². The standard InChI is InChI=1S/C10H14O4S.H3N/c1-10(2,3)8-4-6-9(7-5-8)14-15(11,12)13;/h4-7H,1-3H3,(H,11,12,13);1H3. The average Bonchev–Trinajstić information content (AvgIpc) is 2.00. The van der Waals surface area contributed by atoms with E-state index in [0.717, 1.165) is 5.56 Å². The van der Waals surface area contributed by atoms with Crippen molar-refractivity contribution >= 4 is 10.4 Å². The largest absolute Gasteiger partial charge is 0.446 e. The highest BCUT2D eigenvalue weighted by Crippen LogP contribution is 2.24. The maximum atomic E-state index is 10.4. The zero-order chi connectivity index (χ0) is 11.7. The first-order chi connectivity index (χ1) is 6.68. The molecular formula is C10H17NO4S. The van der Waals surface area contributed by atoms with E-state index in [0.29, 0.717) is 0 Å². The summed E-state index contributed by atoms with van der Waals surface area (Å²) < 4.78 is 33.6. The first-order valence-corrected chi connectivity index (χ1v) is 5.82. The average molecular weight is 247 g/mol. The zero-order valence-electron chi connectivity index (χ0n) is 9.60. The lowest BCUT2D eigenvalue weighted by molar-refractivity contribution is 0.386. The molecule has 5 nitrogen and oxygen atoms in total. The Morgan fingerprint density at radius 2 is 1.56 bits per heavy atom. The van der Waals surface area contributed by atoms with Crippen LogP contribution in [-0.2, 0) is 15.8 Å². The van der Waals surface area contributed by atoms with E-state index in [-0.39, 0.29) is 17.3 Å². The molecule has 0 atom stereocenters. The zero-order valence-corrected chi connectivity index (χ0v) is 10.4. The lowest BCUT2D eigenvalue weighted by Crippen LogP contribution is -2.11. The van der Waals surface area contributed by atoms with Gasteiger partial charge in [0, 0.05) is 0 Å². The molecule has 0 amide bonds. The molecule has 0 aliphatic carbocycles. The monoisotopic (exact) mass is 247 g/mol. The molecule has 1 rings (SSSR count). The van der Waals surface area contributed by atoms with Gasteiger partial charge in [-0.25, -0.2) is 0 Å². The summed E-state index contributed by atoms with van der Waals surface area (Å²) in [7, 11) is -4.43. The molecule has 0 fully saturated rings. The fraction of sp³-hybridized carbons (Fsp3) is 0.400. The highest BCUT2D eigenvalue weighted by molar-refractivity contribution is 7.81. The minimum Gasteiger partial charge on any atom is -0.362 e. The van der Waals surface area contributed by atoms with Gasteiger partial charge in [-0.15, -0.1) is 0 Å². The summed E-state index contributed by atoms with van der Waals surface area (Å²) in [5, 5.41) is 0. The Hall–Kier alpha value is -1.11. The van der Waals surface area contributed by atoms with Crippen LogP contribution in [0.1, 0.15) is 26.3 Å². The number of rotatable bonds is 2. The summed E-state index contributed by atoms with van der Waals surface area (Å²) in [6.45, 7) is 6.14. The summed E-state index contributed by atoms with van der Waals surface area (Å²) in [5.41, 5.74) is 1.06. The topological polar surface area (TPSA) is 98.6 Å². The Kier molecular flexibility index (Phi) is 4.48. The Morgan fingerprint density at radius 1 is 1.12 bits per heavy atom. The van der Waals surface area contributed by atoms with E-state index in [1.54, 1.807) is 12.1 Å². The third-order valence-electron chi connectivity index (χ3n) is 1.92. The molecule has 16 heavy (non-hydrogen) atoms. The molecule has 1 aromatic rings. The molecule has 0 saturated heterocycles. The maximum absolute atomic E-state index is 10.4. The number of hydrogen-bond donors (Lipinski definition) is 2. The lowest BCUT2D eigenvalue weighted by atomic mass is 9.87. The second-order valence-electron chi connectivity index (χ2n) is 4.29. The van der Waals surface area contributed by atoms with Crippen molar-refractivity contribution < 1.29 is 17.2 Å². The van der Waals surface area contributed by atoms with Crippen LogP contribution < -0.4 is 10.3 Å². The van der Waals surface area contributed by atoms with E-state index in [2.05, 4.69) is 4.18 Å². The van der Waals surface area contributed by atoms with Crippen LogP contribution in [0.15, 0.2) is 24.3 Å². The van der Waals surface area contributed by atoms with Gasteiger partial charge >= 0.3 is 10.4 Å². The summed E-state index contributed by atoms with van der Waals surface area (Å²) in [5.74, 6) is 0.102. The van der Waals surface area contributed by atoms with Gasteiger partial charge in [0.15, 0.2) is 0 Å². The maximum Gasteiger partial charge on any atom is 0.446 e. The van der Waals surface area contributed by atoms with Crippen LogP contribution in [0.5, 0.6) is 5.75 Å². The van der Waals surface area contributed by atoms with Crippen molar-refractivity contribution in [2.45, 2.75) is 26.2 Å². The molecule has 0 heterocycles. The fourth-order valence-corrected chi connectivity index (χ4v) is 1.49. The van der Waals surface area contributed by atoms with E-state index in [1.807, 2.05) is 20.8 Å². The third-order valence-corrected chi connectivity index (χ3v) is 2.32. The van der Waals surface area contributed by atoms with Crippen molar-refractivity contribution in [1.82, 2.24) is 6.15 Å². The minimum atomic E-state index is -4.43. The molecule has 0 aliphatic rings. The summed E-state index contributed by atoms with van der Waals surface area (Å²) in [6.07, 6.45) is 0. The quantitative estimate of drug-likeness (QED) is 0.781. The molecule has 1 aromatic carbocycles. The van der Waals surface area contributed by atoms with Crippen molar-refractivity contribution in [3.63, 3.8) is 0 Å². The smallest absolute Gasteiger partial charge is 0.362 e. The molecular weight excluding hydrogens is 230 g/mol. The van der Waals surface area contributed by atoms with E-state index in [9.17, 15) is 8.42 Å². The van der Waals surface area contributed by atoms with Crippen LogP contribution >= 0.6 is 0 Å². The molecule has 92 valence electrons. The summed E-state index contributed by atoms with van der Waals surface area (Å²) >= 11 is 0. The van der Waals surface area contributed by atoms with Crippen molar-refractivity contribution in [2.75, 3.05) is 0 Å². The predicted molar refractivity (Wildman–Crippen MR) is 62.3 cm³/mol. The molecule has 0 aliphatic heterocycles. The van der Waals surface area contributed by atoms with Gasteiger partial charge in [-0.3, -0.25) is 4.55 Å². The molecule has 0 saturated carbocycles. The first-order valence-electron chi connectivity index (χ1n) is 4.46. The van der Waals surface area contributed by atoms with Crippen molar-refractivity contribution in [2.24, 2.45) is 0 Å². The molecule has 0 radical (unpaired) electrons. The molecule has 4 N–H and O–H groups in total. The van der Waals surface area contributed by atoms with Gasteiger partial charge < -0.3 is 10.3 Å². The fourth-order valence-electron chi connectivity index (χ4n) is 1.13. The molecule has 0 aromatic heterocycles. The second kappa shape index (κ2) is 4.82. The van der Waals surface area contributed by atoms with E-state index >= 15 is 0 Å². The Balaban J connectivity index is 0.00000225. The summed E-state index contributed by atoms with van der Waals surface area (Å²) in [4.78, 5) is 0. The van der Waals surface area contributed by atoms with Gasteiger partial charge in [-0.05, 0) is 23.1 Å². The van der Waals surface area contributed by atoms with Gasteiger partial charge in [-0.1, -0.05) is 32.9 Å². The van der Waals surface area contributed by atoms with Crippen LogP contribution in [0.2, 0.25) is 0 Å². The Labute approximate surface area is 96.0 Å². The number of hydrogen-bond acceptors (Lipinski definition) is 4. The van der Waals surface area contributed by atoms with Crippen LogP contribution in [0.25, 0.3) is 0 Å². The van der Waals surface area contributed by atoms with Crippen molar-refractivity contribution in [3.8, 4) is 5.75 Å². The van der Waals surface area contributed by atoms with E-state index < -0.39 is 10.4 Å². The number of benzene rings is 1. The van der Waals surface area contributed by atoms with Crippen LogP contribution in [0.3, 0.4) is 0 Å². The second-order valence-corrected chi connectivity index (χ2v) is 5.31. The van der Waals surface area contributed by atoms with E-state index in [4.69, 9.17) is 4.55 Å². The lowest BCUT2D eigenvalue weighted by Gasteiger charge is -2.18. The van der Waals surface area contributed by atoms with E-state index in [1.165, 1.54) is 12.1 Å². The molecule has 0 unspecified atom stereocenters. The minimum absolute atomic E-state index is 0.